The van der Waals surface area contributed by atoms with Gasteiger partial charge < -0.3 is 14.4 Å². The van der Waals surface area contributed by atoms with Crippen molar-refractivity contribution in [2.24, 2.45) is 0 Å². The number of carbonyl (C=O) groups is 2. The molecule has 0 spiro atoms. The van der Waals surface area contributed by atoms with E-state index in [0.717, 1.165) is 29.7 Å². The highest BCUT2D eigenvalue weighted by Crippen LogP contribution is 2.23. The molecular weight excluding hydrogens is 282 g/mol. The van der Waals surface area contributed by atoms with E-state index in [1.165, 1.54) is 7.11 Å². The minimum Gasteiger partial charge on any atom is -0.483 e. The number of nitrogens with zero attached hydrogens (tertiary/aromatic N) is 1. The summed E-state index contributed by atoms with van der Waals surface area (Å²) in [5.74, 6) is 0.223. The lowest BCUT2D eigenvalue weighted by Gasteiger charge is -2.33. The van der Waals surface area contributed by atoms with Crippen LogP contribution in [0.3, 0.4) is 0 Å². The first kappa shape index (κ1) is 16.3. The summed E-state index contributed by atoms with van der Waals surface area (Å²) in [4.78, 5) is 25.8. The third-order valence-corrected chi connectivity index (χ3v) is 4.05. The Morgan fingerprint density at radius 1 is 1.23 bits per heavy atom. The van der Waals surface area contributed by atoms with E-state index < -0.39 is 6.04 Å². The minimum atomic E-state index is -0.479. The second-order valence-electron chi connectivity index (χ2n) is 5.63. The van der Waals surface area contributed by atoms with Gasteiger partial charge in [0.15, 0.2) is 6.61 Å². The van der Waals surface area contributed by atoms with Crippen LogP contribution in [0.1, 0.15) is 30.4 Å². The smallest absolute Gasteiger partial charge is 0.328 e. The van der Waals surface area contributed by atoms with Gasteiger partial charge in [0.2, 0.25) is 0 Å². The van der Waals surface area contributed by atoms with Crippen molar-refractivity contribution in [3.05, 3.63) is 29.3 Å². The maximum Gasteiger partial charge on any atom is 0.328 e. The summed E-state index contributed by atoms with van der Waals surface area (Å²) >= 11 is 0. The van der Waals surface area contributed by atoms with E-state index in [2.05, 4.69) is 0 Å². The summed E-state index contributed by atoms with van der Waals surface area (Å²) in [6.07, 6.45) is 2.49. The van der Waals surface area contributed by atoms with E-state index in [-0.39, 0.29) is 18.5 Å². The summed E-state index contributed by atoms with van der Waals surface area (Å²) < 4.78 is 10.5. The van der Waals surface area contributed by atoms with E-state index in [9.17, 15) is 9.59 Å². The number of amides is 1. The molecule has 1 aromatic carbocycles. The number of piperidine rings is 1. The number of likely N-dealkylation sites (tertiary alicyclic amines) is 1. The Morgan fingerprint density at radius 3 is 2.55 bits per heavy atom. The van der Waals surface area contributed by atoms with Crippen LogP contribution in [0, 0.1) is 13.8 Å². The molecule has 1 aromatic rings. The molecule has 2 rings (SSSR count). The molecule has 0 aromatic heterocycles. The SMILES string of the molecule is COC(=O)C1CCCCN1C(=O)COc1c(C)cccc1C. The van der Waals surface area contributed by atoms with E-state index in [1.54, 1.807) is 4.90 Å². The Kier molecular flexibility index (Phi) is 5.41. The standard InChI is InChI=1S/C17H23NO4/c1-12-7-6-8-13(2)16(12)22-11-15(19)18-10-5-4-9-14(18)17(20)21-3/h6-8,14H,4-5,9-11H2,1-3H3. The summed E-state index contributed by atoms with van der Waals surface area (Å²) in [7, 11) is 1.35. The Balaban J connectivity index is 2.03. The lowest BCUT2D eigenvalue weighted by molar-refractivity contribution is -0.155. The Labute approximate surface area is 131 Å². The number of hydrogen-bond donors (Lipinski definition) is 0. The number of hydrogen-bond acceptors (Lipinski definition) is 4. The highest BCUT2D eigenvalue weighted by atomic mass is 16.5. The fraction of sp³-hybridized carbons (Fsp3) is 0.529. The summed E-state index contributed by atoms with van der Waals surface area (Å²) in [5.41, 5.74) is 1.99. The summed E-state index contributed by atoms with van der Waals surface area (Å²) in [5, 5.41) is 0. The van der Waals surface area contributed by atoms with Crippen molar-refractivity contribution in [3.8, 4) is 5.75 Å². The van der Waals surface area contributed by atoms with E-state index >= 15 is 0 Å². The van der Waals surface area contributed by atoms with Gasteiger partial charge in [-0.1, -0.05) is 18.2 Å². The van der Waals surface area contributed by atoms with Crippen molar-refractivity contribution in [2.75, 3.05) is 20.3 Å². The normalized spacial score (nSPS) is 18.0. The molecule has 0 radical (unpaired) electrons. The molecule has 1 fully saturated rings. The molecule has 1 amide bonds. The molecule has 1 aliphatic rings. The lowest BCUT2D eigenvalue weighted by Crippen LogP contribution is -2.50. The van der Waals surface area contributed by atoms with Gasteiger partial charge in [0.05, 0.1) is 7.11 Å². The molecule has 1 atom stereocenters. The second kappa shape index (κ2) is 7.29. The van der Waals surface area contributed by atoms with Gasteiger partial charge in [-0.05, 0) is 44.2 Å². The van der Waals surface area contributed by atoms with Crippen LogP contribution in [0.15, 0.2) is 18.2 Å². The van der Waals surface area contributed by atoms with Crippen molar-refractivity contribution in [1.29, 1.82) is 0 Å². The van der Waals surface area contributed by atoms with Gasteiger partial charge in [-0.2, -0.15) is 0 Å². The zero-order chi connectivity index (χ0) is 16.1. The first-order valence-corrected chi connectivity index (χ1v) is 7.61. The maximum atomic E-state index is 12.4. The molecule has 120 valence electrons. The highest BCUT2D eigenvalue weighted by Gasteiger charge is 2.32. The van der Waals surface area contributed by atoms with Crippen LogP contribution in [0.5, 0.6) is 5.75 Å². The van der Waals surface area contributed by atoms with Crippen molar-refractivity contribution < 1.29 is 19.1 Å². The van der Waals surface area contributed by atoms with Crippen LogP contribution in [0.2, 0.25) is 0 Å². The third-order valence-electron chi connectivity index (χ3n) is 4.05. The monoisotopic (exact) mass is 305 g/mol. The third kappa shape index (κ3) is 3.59. The molecule has 5 heteroatoms. The second-order valence-corrected chi connectivity index (χ2v) is 5.63. The zero-order valence-corrected chi connectivity index (χ0v) is 13.4. The number of benzene rings is 1. The predicted molar refractivity (Wildman–Crippen MR) is 82.8 cm³/mol. The van der Waals surface area contributed by atoms with E-state index in [1.807, 2.05) is 32.0 Å². The van der Waals surface area contributed by atoms with Crippen LogP contribution in [-0.4, -0.2) is 43.1 Å². The lowest BCUT2D eigenvalue weighted by atomic mass is 10.0. The Bertz CT molecular complexity index is 535. The molecule has 0 saturated carbocycles. The number of carbonyl (C=O) groups excluding carboxylic acids is 2. The number of aryl methyl sites for hydroxylation is 2. The average Bonchev–Trinajstić information content (AvgIpc) is 2.53. The Morgan fingerprint density at radius 2 is 1.91 bits per heavy atom. The molecule has 1 heterocycles. The van der Waals surface area contributed by atoms with E-state index in [4.69, 9.17) is 9.47 Å². The number of esters is 1. The van der Waals surface area contributed by atoms with Crippen molar-refractivity contribution in [1.82, 2.24) is 4.90 Å². The minimum absolute atomic E-state index is 0.0564. The number of ether oxygens (including phenoxy) is 2. The molecule has 0 bridgehead atoms. The Hall–Kier alpha value is -2.04. The zero-order valence-electron chi connectivity index (χ0n) is 13.4. The van der Waals surface area contributed by atoms with Crippen molar-refractivity contribution in [2.45, 2.75) is 39.2 Å². The maximum absolute atomic E-state index is 12.4. The van der Waals surface area contributed by atoms with Crippen LogP contribution in [-0.2, 0) is 14.3 Å². The average molecular weight is 305 g/mol. The van der Waals surface area contributed by atoms with Crippen molar-refractivity contribution >= 4 is 11.9 Å². The van der Waals surface area contributed by atoms with Gasteiger partial charge in [0.25, 0.3) is 5.91 Å². The van der Waals surface area contributed by atoms with Crippen LogP contribution >= 0.6 is 0 Å². The molecule has 1 saturated heterocycles. The van der Waals surface area contributed by atoms with Gasteiger partial charge in [0.1, 0.15) is 11.8 Å². The van der Waals surface area contributed by atoms with Gasteiger partial charge in [-0.15, -0.1) is 0 Å². The largest absolute Gasteiger partial charge is 0.483 e. The van der Waals surface area contributed by atoms with Crippen LogP contribution in [0.25, 0.3) is 0 Å². The number of para-hydroxylation sites is 1. The molecule has 5 nitrogen and oxygen atoms in total. The summed E-state index contributed by atoms with van der Waals surface area (Å²) in [6.45, 7) is 4.42. The fourth-order valence-corrected chi connectivity index (χ4v) is 2.85. The molecule has 0 aliphatic carbocycles. The fourth-order valence-electron chi connectivity index (χ4n) is 2.85. The van der Waals surface area contributed by atoms with Gasteiger partial charge in [0, 0.05) is 6.54 Å². The molecule has 22 heavy (non-hydrogen) atoms. The molecule has 1 unspecified atom stereocenters. The predicted octanol–water partition coefficient (Wildman–Crippen LogP) is 2.24. The van der Waals surface area contributed by atoms with Gasteiger partial charge in [-0.25, -0.2) is 4.79 Å². The molecular formula is C17H23NO4. The van der Waals surface area contributed by atoms with Gasteiger partial charge >= 0.3 is 5.97 Å². The summed E-state index contributed by atoms with van der Waals surface area (Å²) in [6, 6.07) is 5.38. The van der Waals surface area contributed by atoms with Crippen LogP contribution in [0.4, 0.5) is 0 Å². The quantitative estimate of drug-likeness (QED) is 0.801. The van der Waals surface area contributed by atoms with Crippen molar-refractivity contribution in [3.63, 3.8) is 0 Å². The first-order chi connectivity index (χ1) is 10.5. The first-order valence-electron chi connectivity index (χ1n) is 7.61. The van der Waals surface area contributed by atoms with Gasteiger partial charge in [-0.3, -0.25) is 4.79 Å². The van der Waals surface area contributed by atoms with Crippen LogP contribution < -0.4 is 4.74 Å². The number of rotatable bonds is 4. The highest BCUT2D eigenvalue weighted by molar-refractivity contribution is 5.85. The topological polar surface area (TPSA) is 55.8 Å². The molecule has 1 aliphatic heterocycles. The molecule has 0 N–H and O–H groups in total. The van der Waals surface area contributed by atoms with E-state index in [0.29, 0.717) is 13.0 Å². The number of methoxy groups -OCH3 is 1.